The van der Waals surface area contributed by atoms with Crippen molar-refractivity contribution in [3.8, 4) is 17.0 Å². The summed E-state index contributed by atoms with van der Waals surface area (Å²) in [6.07, 6.45) is 12.3. The normalized spacial score (nSPS) is 14.4. The van der Waals surface area contributed by atoms with Crippen molar-refractivity contribution in [2.24, 2.45) is 10.7 Å². The maximum Gasteiger partial charge on any atom is 0.267 e. The van der Waals surface area contributed by atoms with Gasteiger partial charge < -0.3 is 25.2 Å². The minimum Gasteiger partial charge on any atom is -0.496 e. The average molecular weight is 584 g/mol. The predicted molar refractivity (Wildman–Crippen MR) is 164 cm³/mol. The van der Waals surface area contributed by atoms with Crippen LogP contribution in [0.25, 0.3) is 22.2 Å². The number of ketones is 1. The van der Waals surface area contributed by atoms with Crippen molar-refractivity contribution >= 4 is 28.3 Å². The van der Waals surface area contributed by atoms with Crippen LogP contribution in [0.1, 0.15) is 79.6 Å². The SMILES string of the molecule is COc1cc2nc(C)ccc2cc1-c1cnc([C@H](CCCCCC(=O)c2ncco2)NC(=O)C(N)=CC2=NCCCC2)[nH]1. The number of fused-ring (bicyclic) bond motifs is 1. The van der Waals surface area contributed by atoms with Crippen LogP contribution in [-0.4, -0.2) is 51.0 Å². The van der Waals surface area contributed by atoms with Crippen LogP contribution in [0.3, 0.4) is 0 Å². The number of aryl methyl sites for hydroxylation is 1. The minimum atomic E-state index is -0.431. The first-order valence-corrected chi connectivity index (χ1v) is 14.7. The number of pyridine rings is 1. The van der Waals surface area contributed by atoms with Crippen molar-refractivity contribution in [2.75, 3.05) is 13.7 Å². The highest BCUT2D eigenvalue weighted by Gasteiger charge is 2.21. The third-order valence-electron chi connectivity index (χ3n) is 7.48. The fraction of sp³-hybridized carbons (Fsp3) is 0.375. The lowest BCUT2D eigenvalue weighted by Gasteiger charge is -2.17. The molecule has 1 aromatic carbocycles. The van der Waals surface area contributed by atoms with Gasteiger partial charge in [0.2, 0.25) is 5.78 Å². The highest BCUT2D eigenvalue weighted by Crippen LogP contribution is 2.34. The molecule has 43 heavy (non-hydrogen) atoms. The number of oxazole rings is 1. The maximum atomic E-state index is 13.2. The topological polar surface area (TPSA) is 161 Å². The molecule has 0 aliphatic carbocycles. The van der Waals surface area contributed by atoms with Crippen LogP contribution in [-0.2, 0) is 4.79 Å². The van der Waals surface area contributed by atoms with E-state index in [1.807, 2.05) is 31.2 Å². The molecule has 224 valence electrons. The monoisotopic (exact) mass is 583 g/mol. The summed E-state index contributed by atoms with van der Waals surface area (Å²) in [4.78, 5) is 46.5. The van der Waals surface area contributed by atoms with Crippen LogP contribution >= 0.6 is 0 Å². The highest BCUT2D eigenvalue weighted by atomic mass is 16.5. The number of carbonyl (C=O) groups is 2. The first kappa shape index (κ1) is 29.7. The van der Waals surface area contributed by atoms with Crippen molar-refractivity contribution in [3.05, 3.63) is 72.1 Å². The molecule has 0 unspecified atom stereocenters. The number of unbranched alkanes of at least 4 members (excludes halogenated alkanes) is 2. The van der Waals surface area contributed by atoms with E-state index in [0.29, 0.717) is 30.8 Å². The second kappa shape index (κ2) is 13.9. The van der Waals surface area contributed by atoms with E-state index in [1.165, 1.54) is 12.5 Å². The van der Waals surface area contributed by atoms with Crippen molar-refractivity contribution < 1.29 is 18.7 Å². The molecule has 1 aliphatic rings. The number of allylic oxidation sites excluding steroid dienone is 1. The molecule has 0 radical (unpaired) electrons. The second-order valence-corrected chi connectivity index (χ2v) is 10.7. The third kappa shape index (κ3) is 7.54. The zero-order valence-corrected chi connectivity index (χ0v) is 24.6. The molecule has 0 saturated heterocycles. The maximum absolute atomic E-state index is 13.2. The van der Waals surface area contributed by atoms with Crippen LogP contribution < -0.4 is 15.8 Å². The van der Waals surface area contributed by atoms with E-state index >= 15 is 0 Å². The van der Waals surface area contributed by atoms with E-state index in [9.17, 15) is 9.59 Å². The van der Waals surface area contributed by atoms with E-state index in [0.717, 1.165) is 72.2 Å². The predicted octanol–water partition coefficient (Wildman–Crippen LogP) is 5.39. The number of methoxy groups -OCH3 is 1. The minimum absolute atomic E-state index is 0.118. The van der Waals surface area contributed by atoms with Crippen LogP contribution in [0.15, 0.2) is 64.1 Å². The van der Waals surface area contributed by atoms with Gasteiger partial charge in [0.1, 0.15) is 17.8 Å². The lowest BCUT2D eigenvalue weighted by Crippen LogP contribution is -2.33. The molecule has 0 fully saturated rings. The van der Waals surface area contributed by atoms with E-state index in [2.05, 4.69) is 30.2 Å². The number of hydrogen-bond acceptors (Lipinski definition) is 9. The molecule has 4 heterocycles. The summed E-state index contributed by atoms with van der Waals surface area (Å²) < 4.78 is 10.8. The number of Topliss-reactive ketones (excluding diaryl/α,β-unsaturated/α-hetero) is 1. The number of ether oxygens (including phenoxy) is 1. The van der Waals surface area contributed by atoms with Gasteiger partial charge in [-0.3, -0.25) is 19.6 Å². The van der Waals surface area contributed by atoms with Gasteiger partial charge in [0, 0.05) is 41.4 Å². The van der Waals surface area contributed by atoms with E-state index in [1.54, 1.807) is 19.4 Å². The molecular weight excluding hydrogens is 546 g/mol. The summed E-state index contributed by atoms with van der Waals surface area (Å²) in [5.41, 5.74) is 10.5. The standard InChI is InChI=1S/C32H37N7O4/c1-20-11-12-21-16-23(29(42-2)18-26(21)37-20)27-19-36-30(38-27)25(9-4-3-5-10-28(40)32-35-14-15-43-32)39-31(41)24(33)17-22-8-6-7-13-34-22/h11-12,14-19,25H,3-10,13,33H2,1-2H3,(H,36,38)(H,39,41)/t25-/m0/s1. The lowest BCUT2D eigenvalue weighted by molar-refractivity contribution is -0.118. The number of imidazole rings is 1. The number of aromatic amines is 1. The Morgan fingerprint density at radius 1 is 1.19 bits per heavy atom. The number of nitrogens with two attached hydrogens (primary N) is 1. The molecule has 0 spiro atoms. The Bertz CT molecular complexity index is 1640. The van der Waals surface area contributed by atoms with Gasteiger partial charge in [0.05, 0.1) is 42.5 Å². The van der Waals surface area contributed by atoms with Gasteiger partial charge in [-0.2, -0.15) is 0 Å². The van der Waals surface area contributed by atoms with Gasteiger partial charge >= 0.3 is 0 Å². The summed E-state index contributed by atoms with van der Waals surface area (Å²) in [7, 11) is 1.62. The Morgan fingerprint density at radius 2 is 2.07 bits per heavy atom. The third-order valence-corrected chi connectivity index (χ3v) is 7.48. The molecule has 0 saturated carbocycles. The summed E-state index contributed by atoms with van der Waals surface area (Å²) >= 11 is 0. The molecule has 1 aliphatic heterocycles. The van der Waals surface area contributed by atoms with Gasteiger partial charge in [0.15, 0.2) is 0 Å². The molecule has 1 atom stereocenters. The quantitative estimate of drug-likeness (QED) is 0.107. The number of H-pyrrole nitrogens is 1. The smallest absolute Gasteiger partial charge is 0.267 e. The number of rotatable bonds is 13. The number of nitrogens with zero attached hydrogens (tertiary/aromatic N) is 4. The molecule has 4 aromatic rings. The fourth-order valence-corrected chi connectivity index (χ4v) is 5.16. The summed E-state index contributed by atoms with van der Waals surface area (Å²) in [6, 6.07) is 7.50. The first-order chi connectivity index (χ1) is 20.9. The Labute approximate surface area is 250 Å². The first-order valence-electron chi connectivity index (χ1n) is 14.7. The van der Waals surface area contributed by atoms with E-state index < -0.39 is 6.04 Å². The summed E-state index contributed by atoms with van der Waals surface area (Å²) in [5, 5.41) is 4.04. The number of nitrogens with one attached hydrogen (secondary N) is 2. The number of hydrogen-bond donors (Lipinski definition) is 3. The highest BCUT2D eigenvalue weighted by molar-refractivity contribution is 6.03. The molecule has 11 heteroatoms. The molecular formula is C32H37N7O4. The van der Waals surface area contributed by atoms with Crippen LogP contribution in [0.2, 0.25) is 0 Å². The molecule has 1 amide bonds. The lowest BCUT2D eigenvalue weighted by atomic mass is 10.0. The Morgan fingerprint density at radius 3 is 2.84 bits per heavy atom. The van der Waals surface area contributed by atoms with Crippen LogP contribution in [0, 0.1) is 6.92 Å². The largest absolute Gasteiger partial charge is 0.496 e. The van der Waals surface area contributed by atoms with Crippen molar-refractivity contribution in [2.45, 2.75) is 64.3 Å². The second-order valence-electron chi connectivity index (χ2n) is 10.7. The molecule has 5 rings (SSSR count). The zero-order valence-electron chi connectivity index (χ0n) is 24.6. The molecule has 3 aromatic heterocycles. The number of carbonyl (C=O) groups excluding carboxylic acids is 2. The van der Waals surface area contributed by atoms with Crippen molar-refractivity contribution in [1.29, 1.82) is 0 Å². The Balaban J connectivity index is 1.32. The van der Waals surface area contributed by atoms with E-state index in [4.69, 9.17) is 14.9 Å². The molecule has 4 N–H and O–H groups in total. The van der Waals surface area contributed by atoms with Gasteiger partial charge in [-0.15, -0.1) is 0 Å². The summed E-state index contributed by atoms with van der Waals surface area (Å²) in [5.74, 6) is 0.903. The van der Waals surface area contributed by atoms with Gasteiger partial charge in [-0.25, -0.2) is 9.97 Å². The molecule has 11 nitrogen and oxygen atoms in total. The van der Waals surface area contributed by atoms with Crippen molar-refractivity contribution in [3.63, 3.8) is 0 Å². The van der Waals surface area contributed by atoms with Crippen LogP contribution in [0.5, 0.6) is 5.75 Å². The number of amides is 1. The van der Waals surface area contributed by atoms with E-state index in [-0.39, 0.29) is 23.3 Å². The molecule has 0 bridgehead atoms. The average Bonchev–Trinajstić information content (AvgIpc) is 3.73. The van der Waals surface area contributed by atoms with Gasteiger partial charge in [-0.1, -0.05) is 18.9 Å². The van der Waals surface area contributed by atoms with Crippen molar-refractivity contribution in [1.82, 2.24) is 25.3 Å². The fourth-order valence-electron chi connectivity index (χ4n) is 5.16. The number of benzene rings is 1. The summed E-state index contributed by atoms with van der Waals surface area (Å²) in [6.45, 7) is 2.71. The van der Waals surface area contributed by atoms with Gasteiger partial charge in [-0.05, 0) is 57.2 Å². The number of aliphatic imine (C=N–C) groups is 1. The van der Waals surface area contributed by atoms with Gasteiger partial charge in [0.25, 0.3) is 11.8 Å². The zero-order chi connectivity index (χ0) is 30.2. The van der Waals surface area contributed by atoms with Crippen LogP contribution in [0.4, 0.5) is 0 Å². The Kier molecular flexibility index (Phi) is 9.60. The number of aromatic nitrogens is 4. The Hall–Kier alpha value is -4.80.